The highest BCUT2D eigenvalue weighted by molar-refractivity contribution is 8.04. The van der Waals surface area contributed by atoms with Crippen molar-refractivity contribution in [1.29, 1.82) is 0 Å². The smallest absolute Gasteiger partial charge is 0.352 e. The molecule has 30 heavy (non-hydrogen) atoms. The van der Waals surface area contributed by atoms with Gasteiger partial charge in [-0.1, -0.05) is 36.4 Å². The van der Waals surface area contributed by atoms with Crippen LogP contribution < -0.4 is 5.32 Å². The Kier molecular flexibility index (Phi) is 4.83. The number of rotatable bonds is 5. The Balaban J connectivity index is 1.36. The zero-order valence-corrected chi connectivity index (χ0v) is 17.4. The third kappa shape index (κ3) is 3.11. The normalized spacial score (nSPS) is 26.8. The first-order valence-electron chi connectivity index (χ1n) is 9.57. The highest BCUT2D eigenvalue weighted by Gasteiger charge is 2.59. The van der Waals surface area contributed by atoms with E-state index >= 15 is 0 Å². The number of β-lactam (4-membered cyclic amide) rings is 1. The zero-order chi connectivity index (χ0) is 20.8. The molecule has 2 aromatic carbocycles. The standard InChI is InChI=1S/C22H18N2O4S2/c25-19(12-7-3-1-4-8-12)23-16-20(26)24-17(22(27)28)14-11-15(18(14)30-21(16)24)29-13-9-5-2-6-10-13/h1-10,15-16,18,21H,11H2,(H,23,25)(H,27,28)/t15-,16-,18-,21-/m1/s1. The first-order chi connectivity index (χ1) is 14.5. The van der Waals surface area contributed by atoms with E-state index in [1.54, 1.807) is 47.8 Å². The molecule has 0 bridgehead atoms. The summed E-state index contributed by atoms with van der Waals surface area (Å²) in [6, 6.07) is 18.0. The minimum Gasteiger partial charge on any atom is -0.477 e. The van der Waals surface area contributed by atoms with Crippen molar-refractivity contribution in [2.75, 3.05) is 0 Å². The van der Waals surface area contributed by atoms with Gasteiger partial charge >= 0.3 is 5.97 Å². The molecule has 2 amide bonds. The molecule has 1 aliphatic carbocycles. The predicted octanol–water partition coefficient (Wildman–Crippen LogP) is 2.97. The predicted molar refractivity (Wildman–Crippen MR) is 115 cm³/mol. The summed E-state index contributed by atoms with van der Waals surface area (Å²) < 4.78 is 0. The van der Waals surface area contributed by atoms with Crippen molar-refractivity contribution in [2.45, 2.75) is 33.2 Å². The van der Waals surface area contributed by atoms with Crippen LogP contribution in [0.3, 0.4) is 0 Å². The monoisotopic (exact) mass is 438 g/mol. The lowest BCUT2D eigenvalue weighted by molar-refractivity contribution is -0.149. The Morgan fingerprint density at radius 2 is 1.73 bits per heavy atom. The van der Waals surface area contributed by atoms with Gasteiger partial charge in [-0.15, -0.1) is 23.5 Å². The van der Waals surface area contributed by atoms with E-state index in [2.05, 4.69) is 5.32 Å². The van der Waals surface area contributed by atoms with Crippen molar-refractivity contribution in [2.24, 2.45) is 0 Å². The second-order valence-electron chi connectivity index (χ2n) is 7.33. The van der Waals surface area contributed by atoms with Crippen LogP contribution in [-0.4, -0.2) is 49.7 Å². The fourth-order valence-corrected chi connectivity index (χ4v) is 7.21. The summed E-state index contributed by atoms with van der Waals surface area (Å²) in [7, 11) is 0. The van der Waals surface area contributed by atoms with E-state index in [1.165, 1.54) is 4.90 Å². The molecular formula is C22H18N2O4S2. The van der Waals surface area contributed by atoms with Crippen LogP contribution >= 0.6 is 23.5 Å². The van der Waals surface area contributed by atoms with Gasteiger partial charge in [0.1, 0.15) is 17.1 Å². The largest absolute Gasteiger partial charge is 0.477 e. The second kappa shape index (κ2) is 7.52. The SMILES string of the molecule is O=C(O)C1=C2C[C@@H](Sc3ccccc3)[C@@H]2S[C@@H]2[C@H](NC(=O)c3ccccc3)C(=O)N12. The highest BCUT2D eigenvalue weighted by atomic mass is 32.2. The van der Waals surface area contributed by atoms with Crippen LogP contribution in [0.25, 0.3) is 0 Å². The average Bonchev–Trinajstić information content (AvgIpc) is 2.76. The number of carbonyl (C=O) groups excluding carboxylic acids is 2. The van der Waals surface area contributed by atoms with Crippen LogP contribution in [0.15, 0.2) is 76.8 Å². The van der Waals surface area contributed by atoms with E-state index in [4.69, 9.17) is 0 Å². The van der Waals surface area contributed by atoms with E-state index in [0.717, 1.165) is 10.5 Å². The van der Waals surface area contributed by atoms with Gasteiger partial charge in [-0.25, -0.2) is 4.79 Å². The molecule has 0 unspecified atom stereocenters. The molecule has 1 saturated heterocycles. The van der Waals surface area contributed by atoms with Gasteiger partial charge in [-0.2, -0.15) is 0 Å². The van der Waals surface area contributed by atoms with Gasteiger partial charge in [-0.05, 0) is 36.3 Å². The Labute approximate surface area is 181 Å². The first kappa shape index (κ1) is 19.3. The van der Waals surface area contributed by atoms with Gasteiger partial charge in [0.15, 0.2) is 0 Å². The molecule has 3 aliphatic rings. The number of hydrogen-bond acceptors (Lipinski definition) is 5. The summed E-state index contributed by atoms with van der Waals surface area (Å²) in [5.41, 5.74) is 1.39. The van der Waals surface area contributed by atoms with Gasteiger partial charge in [0, 0.05) is 21.0 Å². The van der Waals surface area contributed by atoms with Crippen LogP contribution in [0.5, 0.6) is 0 Å². The van der Waals surface area contributed by atoms with E-state index in [1.807, 2.05) is 36.4 Å². The van der Waals surface area contributed by atoms with Gasteiger partial charge in [-0.3, -0.25) is 14.5 Å². The van der Waals surface area contributed by atoms with E-state index in [9.17, 15) is 19.5 Å². The first-order valence-corrected chi connectivity index (χ1v) is 11.4. The molecule has 0 spiro atoms. The maximum atomic E-state index is 12.7. The fraction of sp³-hybridized carbons (Fsp3) is 0.227. The molecule has 4 atom stereocenters. The number of fused-ring (bicyclic) bond motifs is 2. The van der Waals surface area contributed by atoms with Crippen LogP contribution in [-0.2, 0) is 9.59 Å². The number of nitrogens with one attached hydrogen (secondary N) is 1. The number of amides is 2. The van der Waals surface area contributed by atoms with Crippen LogP contribution in [0.2, 0.25) is 0 Å². The molecule has 6 nitrogen and oxygen atoms in total. The molecule has 5 rings (SSSR count). The lowest BCUT2D eigenvalue weighted by atomic mass is 9.86. The van der Waals surface area contributed by atoms with Gasteiger partial charge < -0.3 is 10.4 Å². The summed E-state index contributed by atoms with van der Waals surface area (Å²) in [6.07, 6.45) is 0.649. The van der Waals surface area contributed by atoms with Crippen molar-refractivity contribution in [1.82, 2.24) is 10.2 Å². The number of thioether (sulfide) groups is 2. The quantitative estimate of drug-likeness (QED) is 0.698. The zero-order valence-electron chi connectivity index (χ0n) is 15.7. The molecule has 0 radical (unpaired) electrons. The summed E-state index contributed by atoms with van der Waals surface area (Å²) in [6.45, 7) is 0. The number of carboxylic acid groups (broad SMARTS) is 1. The molecule has 2 aromatic rings. The molecule has 1 saturated carbocycles. The molecule has 2 heterocycles. The Hall–Kier alpha value is -2.71. The Morgan fingerprint density at radius 1 is 1.07 bits per heavy atom. The van der Waals surface area contributed by atoms with Crippen molar-refractivity contribution in [3.63, 3.8) is 0 Å². The minimum atomic E-state index is -1.08. The van der Waals surface area contributed by atoms with Crippen molar-refractivity contribution >= 4 is 41.3 Å². The summed E-state index contributed by atoms with van der Waals surface area (Å²) in [5.74, 6) is -1.77. The fourth-order valence-electron chi connectivity index (χ4n) is 4.02. The number of carbonyl (C=O) groups is 3. The average molecular weight is 439 g/mol. The Morgan fingerprint density at radius 3 is 2.40 bits per heavy atom. The number of aliphatic carboxylic acids is 1. The van der Waals surface area contributed by atoms with Gasteiger partial charge in [0.2, 0.25) is 0 Å². The summed E-state index contributed by atoms with van der Waals surface area (Å²) in [4.78, 5) is 39.7. The lowest BCUT2D eigenvalue weighted by Crippen LogP contribution is -2.72. The van der Waals surface area contributed by atoms with Crippen molar-refractivity contribution in [3.05, 3.63) is 77.5 Å². The third-order valence-corrected chi connectivity index (χ3v) is 8.66. The summed E-state index contributed by atoms with van der Waals surface area (Å²) in [5, 5.41) is 12.4. The third-order valence-electron chi connectivity index (χ3n) is 5.53. The Bertz CT molecular complexity index is 1060. The van der Waals surface area contributed by atoms with E-state index in [0.29, 0.717) is 12.0 Å². The van der Waals surface area contributed by atoms with Crippen LogP contribution in [0.1, 0.15) is 16.8 Å². The molecule has 0 aromatic heterocycles. The molecule has 2 N–H and O–H groups in total. The molecular weight excluding hydrogens is 420 g/mol. The molecule has 2 aliphatic heterocycles. The van der Waals surface area contributed by atoms with Gasteiger partial charge in [0.25, 0.3) is 11.8 Å². The summed E-state index contributed by atoms with van der Waals surface area (Å²) >= 11 is 3.31. The number of nitrogens with zero attached hydrogens (tertiary/aromatic N) is 1. The molecule has 2 fully saturated rings. The van der Waals surface area contributed by atoms with Crippen LogP contribution in [0.4, 0.5) is 0 Å². The van der Waals surface area contributed by atoms with Crippen molar-refractivity contribution in [3.8, 4) is 0 Å². The second-order valence-corrected chi connectivity index (χ2v) is 9.90. The number of carboxylic acids is 1. The van der Waals surface area contributed by atoms with Crippen LogP contribution in [0, 0.1) is 0 Å². The lowest BCUT2D eigenvalue weighted by Gasteiger charge is -2.55. The molecule has 152 valence electrons. The number of hydrogen-bond donors (Lipinski definition) is 2. The van der Waals surface area contributed by atoms with E-state index in [-0.39, 0.29) is 28.0 Å². The maximum Gasteiger partial charge on any atom is 0.352 e. The molecule has 8 heteroatoms. The van der Waals surface area contributed by atoms with Gasteiger partial charge in [0.05, 0.1) is 0 Å². The topological polar surface area (TPSA) is 86.7 Å². The number of benzene rings is 2. The maximum absolute atomic E-state index is 12.7. The minimum absolute atomic E-state index is 0.0202. The highest BCUT2D eigenvalue weighted by Crippen LogP contribution is 2.56. The van der Waals surface area contributed by atoms with Crippen molar-refractivity contribution < 1.29 is 19.5 Å². The van der Waals surface area contributed by atoms with E-state index < -0.39 is 17.4 Å².